The molecular formula is C22H25N3O3. The summed E-state index contributed by atoms with van der Waals surface area (Å²) in [5.74, 6) is -0.0548. The number of carbonyl (C=O) groups is 1. The third-order valence-electron chi connectivity index (χ3n) is 5.58. The van der Waals surface area contributed by atoms with Crippen molar-refractivity contribution in [2.75, 3.05) is 6.54 Å². The SMILES string of the molecule is CCN(O)[C@H]1CC[C@H](NC(=O)c2ccc(-c3nccc4occc34)cc2)CC1. The second-order valence-corrected chi connectivity index (χ2v) is 7.30. The van der Waals surface area contributed by atoms with E-state index in [2.05, 4.69) is 10.3 Å². The maximum absolute atomic E-state index is 12.6. The smallest absolute Gasteiger partial charge is 0.251 e. The largest absolute Gasteiger partial charge is 0.464 e. The monoisotopic (exact) mass is 379 g/mol. The number of nitrogens with zero attached hydrogens (tertiary/aromatic N) is 2. The number of nitrogens with one attached hydrogen (secondary N) is 1. The lowest BCUT2D eigenvalue weighted by atomic mass is 9.90. The minimum atomic E-state index is -0.0548. The van der Waals surface area contributed by atoms with Gasteiger partial charge in [0, 0.05) is 41.3 Å². The Morgan fingerprint density at radius 3 is 2.64 bits per heavy atom. The van der Waals surface area contributed by atoms with Crippen LogP contribution in [0.3, 0.4) is 0 Å². The number of aromatic nitrogens is 1. The molecule has 0 radical (unpaired) electrons. The number of hydrogen-bond acceptors (Lipinski definition) is 5. The van der Waals surface area contributed by atoms with Crippen LogP contribution in [-0.4, -0.2) is 39.8 Å². The Kier molecular flexibility index (Phi) is 5.41. The van der Waals surface area contributed by atoms with Crippen molar-refractivity contribution in [3.8, 4) is 11.3 Å². The predicted molar refractivity (Wildman–Crippen MR) is 107 cm³/mol. The highest BCUT2D eigenvalue weighted by Gasteiger charge is 2.25. The van der Waals surface area contributed by atoms with E-state index in [1.807, 2.05) is 43.3 Å². The van der Waals surface area contributed by atoms with Crippen molar-refractivity contribution in [2.45, 2.75) is 44.7 Å². The van der Waals surface area contributed by atoms with Crippen LogP contribution >= 0.6 is 0 Å². The van der Waals surface area contributed by atoms with Crippen LogP contribution < -0.4 is 5.32 Å². The molecule has 1 aliphatic rings. The molecule has 0 unspecified atom stereocenters. The van der Waals surface area contributed by atoms with Crippen LogP contribution in [0.25, 0.3) is 22.2 Å². The average molecular weight is 379 g/mol. The van der Waals surface area contributed by atoms with Crippen LogP contribution in [-0.2, 0) is 0 Å². The first-order valence-electron chi connectivity index (χ1n) is 9.84. The van der Waals surface area contributed by atoms with Crippen molar-refractivity contribution in [3.05, 3.63) is 54.4 Å². The van der Waals surface area contributed by atoms with Gasteiger partial charge >= 0.3 is 0 Å². The summed E-state index contributed by atoms with van der Waals surface area (Å²) in [7, 11) is 0. The highest BCUT2D eigenvalue weighted by molar-refractivity contribution is 5.96. The summed E-state index contributed by atoms with van der Waals surface area (Å²) in [4.78, 5) is 17.1. The molecule has 2 aromatic heterocycles. The molecule has 1 amide bonds. The van der Waals surface area contributed by atoms with Gasteiger partial charge in [0.15, 0.2) is 0 Å². The number of amides is 1. The summed E-state index contributed by atoms with van der Waals surface area (Å²) in [6.07, 6.45) is 6.95. The lowest BCUT2D eigenvalue weighted by molar-refractivity contribution is -0.131. The van der Waals surface area contributed by atoms with E-state index < -0.39 is 0 Å². The molecule has 6 heteroatoms. The molecule has 3 aromatic rings. The third-order valence-corrected chi connectivity index (χ3v) is 5.58. The second kappa shape index (κ2) is 8.12. The van der Waals surface area contributed by atoms with E-state index in [-0.39, 0.29) is 18.0 Å². The normalized spacial score (nSPS) is 19.8. The quantitative estimate of drug-likeness (QED) is 0.648. The van der Waals surface area contributed by atoms with Crippen LogP contribution in [0.15, 0.2) is 53.3 Å². The van der Waals surface area contributed by atoms with Crippen molar-refractivity contribution in [2.24, 2.45) is 0 Å². The summed E-state index contributed by atoms with van der Waals surface area (Å²) < 4.78 is 5.43. The molecule has 0 bridgehead atoms. The number of furan rings is 1. The molecule has 2 heterocycles. The lowest BCUT2D eigenvalue weighted by Gasteiger charge is -2.33. The number of pyridine rings is 1. The highest BCUT2D eigenvalue weighted by Crippen LogP contribution is 2.27. The molecule has 0 aliphatic heterocycles. The Labute approximate surface area is 164 Å². The Morgan fingerprint density at radius 1 is 1.18 bits per heavy atom. The predicted octanol–water partition coefficient (Wildman–Crippen LogP) is 4.25. The van der Waals surface area contributed by atoms with E-state index in [1.54, 1.807) is 12.5 Å². The number of rotatable bonds is 5. The first-order valence-corrected chi connectivity index (χ1v) is 9.84. The van der Waals surface area contributed by atoms with E-state index in [0.717, 1.165) is 47.9 Å². The van der Waals surface area contributed by atoms with E-state index >= 15 is 0 Å². The number of benzene rings is 1. The van der Waals surface area contributed by atoms with Crippen molar-refractivity contribution in [1.82, 2.24) is 15.4 Å². The molecule has 1 aromatic carbocycles. The first kappa shape index (κ1) is 18.7. The molecule has 146 valence electrons. The molecule has 0 atom stereocenters. The van der Waals surface area contributed by atoms with Gasteiger partial charge in [-0.1, -0.05) is 19.1 Å². The molecule has 1 fully saturated rings. The molecule has 4 rings (SSSR count). The van der Waals surface area contributed by atoms with E-state index in [4.69, 9.17) is 4.42 Å². The van der Waals surface area contributed by atoms with Gasteiger partial charge in [-0.25, -0.2) is 0 Å². The Morgan fingerprint density at radius 2 is 1.93 bits per heavy atom. The number of hydroxylamine groups is 2. The van der Waals surface area contributed by atoms with Gasteiger partial charge in [0.25, 0.3) is 5.91 Å². The minimum Gasteiger partial charge on any atom is -0.464 e. The van der Waals surface area contributed by atoms with Crippen LogP contribution in [0.5, 0.6) is 0 Å². The summed E-state index contributed by atoms with van der Waals surface area (Å²) in [6, 6.07) is 11.6. The maximum atomic E-state index is 12.6. The van der Waals surface area contributed by atoms with Gasteiger partial charge in [-0.05, 0) is 49.9 Å². The van der Waals surface area contributed by atoms with Crippen molar-refractivity contribution in [1.29, 1.82) is 0 Å². The molecule has 1 saturated carbocycles. The summed E-state index contributed by atoms with van der Waals surface area (Å²) >= 11 is 0. The van der Waals surface area contributed by atoms with Crippen LogP contribution in [0.1, 0.15) is 43.0 Å². The van der Waals surface area contributed by atoms with Gasteiger partial charge in [-0.3, -0.25) is 9.78 Å². The van der Waals surface area contributed by atoms with Gasteiger partial charge in [-0.15, -0.1) is 0 Å². The lowest BCUT2D eigenvalue weighted by Crippen LogP contribution is -2.42. The van der Waals surface area contributed by atoms with Crippen LogP contribution in [0.2, 0.25) is 0 Å². The zero-order valence-electron chi connectivity index (χ0n) is 16.0. The number of carbonyl (C=O) groups excluding carboxylic acids is 1. The molecular weight excluding hydrogens is 354 g/mol. The highest BCUT2D eigenvalue weighted by atomic mass is 16.5. The van der Waals surface area contributed by atoms with Gasteiger partial charge < -0.3 is 14.9 Å². The molecule has 1 aliphatic carbocycles. The van der Waals surface area contributed by atoms with E-state index in [0.29, 0.717) is 12.1 Å². The maximum Gasteiger partial charge on any atom is 0.251 e. The van der Waals surface area contributed by atoms with Crippen LogP contribution in [0, 0.1) is 0 Å². The molecule has 28 heavy (non-hydrogen) atoms. The fraction of sp³-hybridized carbons (Fsp3) is 0.364. The van der Waals surface area contributed by atoms with Crippen molar-refractivity contribution < 1.29 is 14.4 Å². The number of hydrogen-bond donors (Lipinski definition) is 2. The second-order valence-electron chi connectivity index (χ2n) is 7.30. The summed E-state index contributed by atoms with van der Waals surface area (Å²) in [5, 5.41) is 15.3. The van der Waals surface area contributed by atoms with Gasteiger partial charge in [0.2, 0.25) is 0 Å². The molecule has 0 saturated heterocycles. The first-order chi connectivity index (χ1) is 13.7. The fourth-order valence-electron chi connectivity index (χ4n) is 3.95. The Hall–Kier alpha value is -2.70. The molecule has 0 spiro atoms. The van der Waals surface area contributed by atoms with Crippen molar-refractivity contribution >= 4 is 16.9 Å². The third kappa shape index (κ3) is 3.79. The van der Waals surface area contributed by atoms with Gasteiger partial charge in [-0.2, -0.15) is 5.06 Å². The van der Waals surface area contributed by atoms with Gasteiger partial charge in [0.05, 0.1) is 12.0 Å². The molecule has 6 nitrogen and oxygen atoms in total. The standard InChI is InChI=1S/C22H25N3O3/c1-2-25(27)18-9-7-17(8-10-18)24-22(26)16-5-3-15(4-6-16)21-19-12-14-28-20(19)11-13-23-21/h3-6,11-14,17-18,27H,2,7-10H2,1H3,(H,24,26)/t17-,18-. The summed E-state index contributed by atoms with van der Waals surface area (Å²) in [5.41, 5.74) is 3.24. The van der Waals surface area contributed by atoms with Crippen molar-refractivity contribution in [3.63, 3.8) is 0 Å². The fourth-order valence-corrected chi connectivity index (χ4v) is 3.95. The average Bonchev–Trinajstić information content (AvgIpc) is 3.23. The van der Waals surface area contributed by atoms with E-state index in [9.17, 15) is 10.0 Å². The Balaban J connectivity index is 1.40. The topological polar surface area (TPSA) is 78.6 Å². The molecule has 2 N–H and O–H groups in total. The zero-order chi connectivity index (χ0) is 19.5. The van der Waals surface area contributed by atoms with E-state index in [1.165, 1.54) is 5.06 Å². The minimum absolute atomic E-state index is 0.0548. The zero-order valence-corrected chi connectivity index (χ0v) is 16.0. The Bertz CT molecular complexity index is 943. The number of fused-ring (bicyclic) bond motifs is 1. The van der Waals surface area contributed by atoms with Crippen LogP contribution in [0.4, 0.5) is 0 Å². The van der Waals surface area contributed by atoms with Gasteiger partial charge in [0.1, 0.15) is 5.58 Å². The summed E-state index contributed by atoms with van der Waals surface area (Å²) in [6.45, 7) is 2.58.